The first-order valence-corrected chi connectivity index (χ1v) is 11.2. The quantitative estimate of drug-likeness (QED) is 0.338. The summed E-state index contributed by atoms with van der Waals surface area (Å²) < 4.78 is 5.34. The standard InChI is InChI=1S/C23H37N5O2.HI/c1-4-24-23(25-6-5-21-16-19(2)15-20(3)17-21)28-9-7-26(8-10-28)18-22(29)27-11-13-30-14-12-27;/h15-17H,4-14,18H2,1-3H3,(H,24,25);1H. The van der Waals surface area contributed by atoms with Crippen LogP contribution in [0, 0.1) is 13.8 Å². The van der Waals surface area contributed by atoms with Gasteiger partial charge in [-0.05, 0) is 32.8 Å². The third-order valence-corrected chi connectivity index (χ3v) is 5.67. The summed E-state index contributed by atoms with van der Waals surface area (Å²) in [4.78, 5) is 23.9. The lowest BCUT2D eigenvalue weighted by molar-refractivity contribution is -0.136. The zero-order chi connectivity index (χ0) is 21.3. The molecule has 0 unspecified atom stereocenters. The first kappa shape index (κ1) is 25.9. The number of rotatable bonds is 6. The predicted octanol–water partition coefficient (Wildman–Crippen LogP) is 1.91. The number of morpholine rings is 1. The van der Waals surface area contributed by atoms with Crippen molar-refractivity contribution in [1.29, 1.82) is 0 Å². The minimum absolute atomic E-state index is 0. The van der Waals surface area contributed by atoms with Crippen LogP contribution in [0.4, 0.5) is 0 Å². The molecule has 2 fully saturated rings. The molecule has 0 aromatic heterocycles. The van der Waals surface area contributed by atoms with Gasteiger partial charge in [0, 0.05) is 52.4 Å². The smallest absolute Gasteiger partial charge is 0.236 e. The number of aryl methyl sites for hydroxylation is 2. The molecule has 0 saturated carbocycles. The van der Waals surface area contributed by atoms with Crippen molar-refractivity contribution < 1.29 is 9.53 Å². The molecule has 0 bridgehead atoms. The van der Waals surface area contributed by atoms with Crippen LogP contribution in [0.2, 0.25) is 0 Å². The van der Waals surface area contributed by atoms with E-state index < -0.39 is 0 Å². The second-order valence-electron chi connectivity index (χ2n) is 8.24. The molecule has 3 rings (SSSR count). The number of nitrogens with zero attached hydrogens (tertiary/aromatic N) is 4. The highest BCUT2D eigenvalue weighted by atomic mass is 127. The first-order valence-electron chi connectivity index (χ1n) is 11.2. The van der Waals surface area contributed by atoms with Gasteiger partial charge in [0.05, 0.1) is 19.8 Å². The number of nitrogens with one attached hydrogen (secondary N) is 1. The van der Waals surface area contributed by atoms with E-state index in [9.17, 15) is 4.79 Å². The van der Waals surface area contributed by atoms with Gasteiger partial charge in [-0.15, -0.1) is 24.0 Å². The van der Waals surface area contributed by atoms with E-state index in [1.807, 2.05) is 4.90 Å². The molecule has 8 heteroatoms. The first-order chi connectivity index (χ1) is 14.5. The maximum absolute atomic E-state index is 12.5. The van der Waals surface area contributed by atoms with Crippen LogP contribution < -0.4 is 5.32 Å². The SMILES string of the molecule is CCNC(=NCCc1cc(C)cc(C)c1)N1CCN(CC(=O)N2CCOCC2)CC1.I. The molecule has 2 aliphatic rings. The fraction of sp³-hybridized carbons (Fsp3) is 0.652. The number of halogens is 1. The molecule has 2 saturated heterocycles. The minimum atomic E-state index is 0. The molecular weight excluding hydrogens is 505 g/mol. The van der Waals surface area contributed by atoms with Crippen LogP contribution in [0.25, 0.3) is 0 Å². The van der Waals surface area contributed by atoms with Gasteiger partial charge < -0.3 is 19.9 Å². The van der Waals surface area contributed by atoms with Crippen molar-refractivity contribution in [3.05, 3.63) is 34.9 Å². The number of hydrogen-bond donors (Lipinski definition) is 1. The molecule has 0 atom stereocenters. The Morgan fingerprint density at radius 1 is 1.00 bits per heavy atom. The van der Waals surface area contributed by atoms with Gasteiger partial charge in [0.15, 0.2) is 5.96 Å². The molecule has 0 aliphatic carbocycles. The summed E-state index contributed by atoms with van der Waals surface area (Å²) in [5.41, 5.74) is 3.96. The van der Waals surface area contributed by atoms with Crippen LogP contribution in [0.1, 0.15) is 23.6 Å². The summed E-state index contributed by atoms with van der Waals surface area (Å²) in [5.74, 6) is 1.21. The van der Waals surface area contributed by atoms with Gasteiger partial charge in [0.2, 0.25) is 5.91 Å². The Balaban J connectivity index is 0.00000341. The van der Waals surface area contributed by atoms with E-state index in [4.69, 9.17) is 9.73 Å². The second-order valence-corrected chi connectivity index (χ2v) is 8.24. The molecule has 2 aliphatic heterocycles. The highest BCUT2D eigenvalue weighted by Crippen LogP contribution is 2.10. The van der Waals surface area contributed by atoms with Gasteiger partial charge in [0.1, 0.15) is 0 Å². The van der Waals surface area contributed by atoms with Crippen LogP contribution in [0.5, 0.6) is 0 Å². The van der Waals surface area contributed by atoms with Gasteiger partial charge >= 0.3 is 0 Å². The Morgan fingerprint density at radius 3 is 2.26 bits per heavy atom. The Morgan fingerprint density at radius 2 is 1.65 bits per heavy atom. The number of benzene rings is 1. The number of amides is 1. The number of carbonyl (C=O) groups excluding carboxylic acids is 1. The third kappa shape index (κ3) is 8.23. The lowest BCUT2D eigenvalue weighted by Crippen LogP contribution is -2.55. The average Bonchev–Trinajstić information content (AvgIpc) is 2.74. The van der Waals surface area contributed by atoms with Crippen molar-refractivity contribution in [3.8, 4) is 0 Å². The van der Waals surface area contributed by atoms with Crippen molar-refractivity contribution >= 4 is 35.8 Å². The molecule has 1 N–H and O–H groups in total. The molecule has 1 aromatic carbocycles. The summed E-state index contributed by atoms with van der Waals surface area (Å²) in [5, 5.41) is 3.44. The lowest BCUT2D eigenvalue weighted by Gasteiger charge is -2.37. The van der Waals surface area contributed by atoms with E-state index in [1.165, 1.54) is 16.7 Å². The lowest BCUT2D eigenvalue weighted by atomic mass is 10.1. The monoisotopic (exact) mass is 543 g/mol. The molecule has 0 spiro atoms. The molecule has 31 heavy (non-hydrogen) atoms. The van der Waals surface area contributed by atoms with E-state index in [0.29, 0.717) is 19.8 Å². The molecule has 7 nitrogen and oxygen atoms in total. The third-order valence-electron chi connectivity index (χ3n) is 5.67. The Kier molecular flexibility index (Phi) is 11.0. The van der Waals surface area contributed by atoms with Crippen molar-refractivity contribution in [2.75, 3.05) is 72.1 Å². The van der Waals surface area contributed by atoms with Crippen molar-refractivity contribution in [2.24, 2.45) is 4.99 Å². The van der Waals surface area contributed by atoms with E-state index >= 15 is 0 Å². The topological polar surface area (TPSA) is 60.4 Å². The fourth-order valence-electron chi connectivity index (χ4n) is 4.15. The van der Waals surface area contributed by atoms with Crippen LogP contribution >= 0.6 is 24.0 Å². The zero-order valence-electron chi connectivity index (χ0n) is 19.2. The van der Waals surface area contributed by atoms with E-state index in [-0.39, 0.29) is 29.9 Å². The number of piperazine rings is 1. The summed E-state index contributed by atoms with van der Waals surface area (Å²) in [7, 11) is 0. The van der Waals surface area contributed by atoms with Crippen LogP contribution in [0.3, 0.4) is 0 Å². The number of hydrogen-bond acceptors (Lipinski definition) is 4. The van der Waals surface area contributed by atoms with E-state index in [0.717, 1.165) is 64.7 Å². The van der Waals surface area contributed by atoms with Gasteiger partial charge in [-0.2, -0.15) is 0 Å². The maximum atomic E-state index is 12.5. The molecule has 2 heterocycles. The molecule has 1 aromatic rings. The Bertz CT molecular complexity index is 708. The number of guanidine groups is 1. The minimum Gasteiger partial charge on any atom is -0.378 e. The summed E-state index contributed by atoms with van der Waals surface area (Å²) in [6.45, 7) is 14.9. The molecule has 174 valence electrons. The van der Waals surface area contributed by atoms with Crippen molar-refractivity contribution in [2.45, 2.75) is 27.2 Å². The van der Waals surface area contributed by atoms with Gasteiger partial charge in [0.25, 0.3) is 0 Å². The van der Waals surface area contributed by atoms with E-state index in [2.05, 4.69) is 54.1 Å². The van der Waals surface area contributed by atoms with Crippen LogP contribution in [-0.4, -0.2) is 98.7 Å². The Hall–Kier alpha value is -1.39. The normalized spacial score (nSPS) is 18.0. The zero-order valence-corrected chi connectivity index (χ0v) is 21.6. The van der Waals surface area contributed by atoms with Crippen LogP contribution in [-0.2, 0) is 16.0 Å². The predicted molar refractivity (Wildman–Crippen MR) is 136 cm³/mol. The van der Waals surface area contributed by atoms with Crippen molar-refractivity contribution in [3.63, 3.8) is 0 Å². The summed E-state index contributed by atoms with van der Waals surface area (Å²) >= 11 is 0. The largest absolute Gasteiger partial charge is 0.378 e. The molecular formula is C23H38IN5O2. The van der Waals surface area contributed by atoms with Gasteiger partial charge in [-0.1, -0.05) is 29.3 Å². The average molecular weight is 543 g/mol. The maximum Gasteiger partial charge on any atom is 0.236 e. The van der Waals surface area contributed by atoms with E-state index in [1.54, 1.807) is 0 Å². The Labute approximate surface area is 204 Å². The van der Waals surface area contributed by atoms with Gasteiger partial charge in [-0.25, -0.2) is 0 Å². The summed E-state index contributed by atoms with van der Waals surface area (Å²) in [6.07, 6.45) is 0.950. The van der Waals surface area contributed by atoms with Crippen molar-refractivity contribution in [1.82, 2.24) is 20.0 Å². The molecule has 1 amide bonds. The summed E-state index contributed by atoms with van der Waals surface area (Å²) in [6, 6.07) is 6.71. The van der Waals surface area contributed by atoms with Gasteiger partial charge in [-0.3, -0.25) is 14.7 Å². The molecule has 0 radical (unpaired) electrons. The second kappa shape index (κ2) is 13.2. The number of aliphatic imine (C=N–C) groups is 1. The fourth-order valence-corrected chi connectivity index (χ4v) is 4.15. The highest BCUT2D eigenvalue weighted by Gasteiger charge is 2.24. The highest BCUT2D eigenvalue weighted by molar-refractivity contribution is 14.0. The van der Waals surface area contributed by atoms with Crippen LogP contribution in [0.15, 0.2) is 23.2 Å². The number of ether oxygens (including phenoxy) is 1. The number of carbonyl (C=O) groups is 1.